The molecule has 0 radical (unpaired) electrons. The van der Waals surface area contributed by atoms with Crippen LogP contribution < -0.4 is 0 Å². The minimum Gasteiger partial charge on any atom is -0.364 e. The molecule has 7 nitrogen and oxygen atoms in total. The Hall–Kier alpha value is -2.41. The first-order chi connectivity index (χ1) is 13.7. The van der Waals surface area contributed by atoms with Gasteiger partial charge < -0.3 is 9.42 Å². The number of aromatic nitrogens is 3. The highest BCUT2D eigenvalue weighted by Crippen LogP contribution is 2.29. The first-order valence-electron chi connectivity index (χ1n) is 10.3. The second-order valence-corrected chi connectivity index (χ2v) is 7.90. The van der Waals surface area contributed by atoms with Crippen molar-refractivity contribution in [2.45, 2.75) is 57.7 Å². The number of hydrogen-bond donors (Lipinski definition) is 0. The van der Waals surface area contributed by atoms with Crippen molar-refractivity contribution in [1.29, 1.82) is 0 Å². The molecule has 150 valence electrons. The number of carbonyl (C=O) groups excluding carboxylic acids is 1. The lowest BCUT2D eigenvalue weighted by Crippen LogP contribution is -2.38. The Morgan fingerprint density at radius 1 is 1.39 bits per heavy atom. The molecule has 0 aromatic carbocycles. The van der Waals surface area contributed by atoms with Crippen LogP contribution in [0.4, 0.5) is 0 Å². The van der Waals surface area contributed by atoms with Gasteiger partial charge in [0.2, 0.25) is 0 Å². The molecule has 1 fully saturated rings. The molecule has 4 rings (SSSR count). The number of rotatable bonds is 6. The van der Waals surface area contributed by atoms with Crippen molar-refractivity contribution in [3.05, 3.63) is 47.6 Å². The van der Waals surface area contributed by atoms with Crippen LogP contribution in [0, 0.1) is 0 Å². The van der Waals surface area contributed by atoms with E-state index in [1.165, 1.54) is 12.1 Å². The van der Waals surface area contributed by atoms with Crippen LogP contribution in [0.2, 0.25) is 0 Å². The molecule has 0 saturated carbocycles. The molecule has 3 heterocycles. The van der Waals surface area contributed by atoms with E-state index in [0.29, 0.717) is 18.3 Å². The smallest absolute Gasteiger partial charge is 0.274 e. The number of hydrogen-bond acceptors (Lipinski definition) is 5. The van der Waals surface area contributed by atoms with E-state index < -0.39 is 0 Å². The summed E-state index contributed by atoms with van der Waals surface area (Å²) in [4.78, 5) is 17.5. The van der Waals surface area contributed by atoms with Crippen molar-refractivity contribution in [3.63, 3.8) is 0 Å². The second kappa shape index (κ2) is 8.31. The van der Waals surface area contributed by atoms with Gasteiger partial charge in [-0.1, -0.05) is 11.2 Å². The third-order valence-electron chi connectivity index (χ3n) is 5.99. The summed E-state index contributed by atoms with van der Waals surface area (Å²) in [6.07, 6.45) is 9.66. The van der Waals surface area contributed by atoms with Crippen LogP contribution in [0.5, 0.6) is 0 Å². The number of amides is 1. The predicted molar refractivity (Wildman–Crippen MR) is 106 cm³/mol. The average Bonchev–Trinajstić information content (AvgIpc) is 3.36. The third kappa shape index (κ3) is 3.76. The summed E-state index contributed by atoms with van der Waals surface area (Å²) in [6.45, 7) is 6.93. The zero-order chi connectivity index (χ0) is 19.5. The standard InChI is InChI=1S/C21H29N5O2/c1-3-10-26-19-8-7-17(24(2)15-16-9-13-28-23-16)14-18(19)20(22-26)21(27)25-11-5-4-6-12-25/h3,9,13,17H,1,4-8,10-12,14-15H2,2H3. The van der Waals surface area contributed by atoms with Crippen LogP contribution in [0.25, 0.3) is 0 Å². The lowest BCUT2D eigenvalue weighted by molar-refractivity contribution is 0.0715. The molecule has 28 heavy (non-hydrogen) atoms. The van der Waals surface area contributed by atoms with E-state index in [2.05, 4.69) is 23.7 Å². The highest BCUT2D eigenvalue weighted by Gasteiger charge is 2.32. The summed E-state index contributed by atoms with van der Waals surface area (Å²) in [5.74, 6) is 0.0959. The molecule has 0 N–H and O–H groups in total. The van der Waals surface area contributed by atoms with Gasteiger partial charge in [0.15, 0.2) is 5.69 Å². The maximum absolute atomic E-state index is 13.2. The highest BCUT2D eigenvalue weighted by molar-refractivity contribution is 5.94. The average molecular weight is 383 g/mol. The topological polar surface area (TPSA) is 67.4 Å². The Balaban J connectivity index is 1.57. The SMILES string of the molecule is C=CCn1nc(C(=O)N2CCCCC2)c2c1CCC(N(C)Cc1ccon1)C2. The molecular weight excluding hydrogens is 354 g/mol. The lowest BCUT2D eigenvalue weighted by atomic mass is 9.90. The molecule has 2 aromatic rings. The van der Waals surface area contributed by atoms with Gasteiger partial charge in [-0.3, -0.25) is 14.4 Å². The molecule has 2 aliphatic rings. The minimum absolute atomic E-state index is 0.0959. The van der Waals surface area contributed by atoms with E-state index >= 15 is 0 Å². The molecule has 1 unspecified atom stereocenters. The number of nitrogens with zero attached hydrogens (tertiary/aromatic N) is 5. The van der Waals surface area contributed by atoms with E-state index in [0.717, 1.165) is 63.0 Å². The molecule has 1 aliphatic heterocycles. The number of piperidine rings is 1. The maximum Gasteiger partial charge on any atom is 0.274 e. The Morgan fingerprint density at radius 2 is 2.21 bits per heavy atom. The molecule has 1 amide bonds. The maximum atomic E-state index is 13.2. The van der Waals surface area contributed by atoms with Crippen molar-refractivity contribution in [3.8, 4) is 0 Å². The fourth-order valence-corrected chi connectivity index (χ4v) is 4.44. The zero-order valence-corrected chi connectivity index (χ0v) is 16.6. The minimum atomic E-state index is 0.0959. The summed E-state index contributed by atoms with van der Waals surface area (Å²) < 4.78 is 6.94. The lowest BCUT2D eigenvalue weighted by Gasteiger charge is -2.31. The van der Waals surface area contributed by atoms with E-state index in [1.807, 2.05) is 21.7 Å². The zero-order valence-electron chi connectivity index (χ0n) is 16.6. The van der Waals surface area contributed by atoms with Gasteiger partial charge in [-0.25, -0.2) is 0 Å². The quantitative estimate of drug-likeness (QED) is 0.718. The van der Waals surface area contributed by atoms with Crippen molar-refractivity contribution in [1.82, 2.24) is 24.7 Å². The fraction of sp³-hybridized carbons (Fsp3) is 0.571. The summed E-state index contributed by atoms with van der Waals surface area (Å²) >= 11 is 0. The van der Waals surface area contributed by atoms with Crippen LogP contribution in [0.1, 0.15) is 53.1 Å². The molecule has 0 spiro atoms. The van der Waals surface area contributed by atoms with Crippen LogP contribution >= 0.6 is 0 Å². The molecule has 0 bridgehead atoms. The van der Waals surface area contributed by atoms with Gasteiger partial charge in [0, 0.05) is 43.0 Å². The Morgan fingerprint density at radius 3 is 2.93 bits per heavy atom. The summed E-state index contributed by atoms with van der Waals surface area (Å²) in [5.41, 5.74) is 3.91. The van der Waals surface area contributed by atoms with Gasteiger partial charge in [0.05, 0.1) is 12.2 Å². The largest absolute Gasteiger partial charge is 0.364 e. The fourth-order valence-electron chi connectivity index (χ4n) is 4.44. The van der Waals surface area contributed by atoms with Crippen LogP contribution in [0.15, 0.2) is 29.5 Å². The Bertz CT molecular complexity index is 820. The van der Waals surface area contributed by atoms with Gasteiger partial charge in [-0.05, 0) is 45.6 Å². The monoisotopic (exact) mass is 383 g/mol. The van der Waals surface area contributed by atoms with Crippen LogP contribution in [0.3, 0.4) is 0 Å². The Labute approximate surface area is 166 Å². The van der Waals surface area contributed by atoms with Gasteiger partial charge >= 0.3 is 0 Å². The molecule has 1 aliphatic carbocycles. The normalized spacial score (nSPS) is 19.6. The van der Waals surface area contributed by atoms with Gasteiger partial charge in [0.25, 0.3) is 5.91 Å². The third-order valence-corrected chi connectivity index (χ3v) is 5.99. The molecule has 7 heteroatoms. The summed E-state index contributed by atoms with van der Waals surface area (Å²) in [7, 11) is 2.12. The summed E-state index contributed by atoms with van der Waals surface area (Å²) in [5, 5.41) is 8.76. The van der Waals surface area contributed by atoms with Crippen LogP contribution in [-0.4, -0.2) is 56.8 Å². The molecular formula is C21H29N5O2. The van der Waals surface area contributed by atoms with Gasteiger partial charge in [0.1, 0.15) is 6.26 Å². The van der Waals surface area contributed by atoms with Crippen molar-refractivity contribution in [2.75, 3.05) is 20.1 Å². The first kappa shape index (κ1) is 18.9. The number of likely N-dealkylation sites (tertiary alicyclic amines) is 1. The van der Waals surface area contributed by atoms with E-state index in [4.69, 9.17) is 9.62 Å². The van der Waals surface area contributed by atoms with Crippen molar-refractivity contribution in [2.24, 2.45) is 0 Å². The van der Waals surface area contributed by atoms with E-state index in [1.54, 1.807) is 6.26 Å². The van der Waals surface area contributed by atoms with E-state index in [9.17, 15) is 4.79 Å². The van der Waals surface area contributed by atoms with Gasteiger partial charge in [-0.15, -0.1) is 6.58 Å². The van der Waals surface area contributed by atoms with Gasteiger partial charge in [-0.2, -0.15) is 5.10 Å². The first-order valence-corrected chi connectivity index (χ1v) is 10.3. The summed E-state index contributed by atoms with van der Waals surface area (Å²) in [6, 6.07) is 2.26. The number of allylic oxidation sites excluding steroid dienone is 1. The van der Waals surface area contributed by atoms with E-state index in [-0.39, 0.29) is 5.91 Å². The number of likely N-dealkylation sites (N-methyl/N-ethyl adjacent to an activating group) is 1. The molecule has 2 aromatic heterocycles. The number of carbonyl (C=O) groups is 1. The number of fused-ring (bicyclic) bond motifs is 1. The van der Waals surface area contributed by atoms with Crippen molar-refractivity contribution >= 4 is 5.91 Å². The molecule has 1 saturated heterocycles. The second-order valence-electron chi connectivity index (χ2n) is 7.90. The highest BCUT2D eigenvalue weighted by atomic mass is 16.5. The van der Waals surface area contributed by atoms with Crippen molar-refractivity contribution < 1.29 is 9.32 Å². The predicted octanol–water partition coefficient (Wildman–Crippen LogP) is 2.67. The van der Waals surface area contributed by atoms with Crippen LogP contribution in [-0.2, 0) is 25.9 Å². The Kier molecular flexibility index (Phi) is 5.62. The molecule has 1 atom stereocenters.